The van der Waals surface area contributed by atoms with E-state index < -0.39 is 0 Å². The molecule has 0 unspecified atom stereocenters. The van der Waals surface area contributed by atoms with E-state index in [-0.39, 0.29) is 0 Å². The fraction of sp³-hybridized carbons (Fsp3) is 0.280. The molecule has 0 radical (unpaired) electrons. The lowest BCUT2D eigenvalue weighted by Gasteiger charge is -2.13. The van der Waals surface area contributed by atoms with E-state index in [9.17, 15) is 0 Å². The van der Waals surface area contributed by atoms with E-state index >= 15 is 0 Å². The van der Waals surface area contributed by atoms with Crippen LogP contribution >= 0.6 is 0 Å². The molecule has 0 fully saturated rings. The van der Waals surface area contributed by atoms with Crippen molar-refractivity contribution in [3.05, 3.63) is 90.0 Å². The molecule has 0 saturated carbocycles. The molecule has 0 amide bonds. The van der Waals surface area contributed by atoms with Gasteiger partial charge in [-0.25, -0.2) is 0 Å². The second-order valence-corrected chi connectivity index (χ2v) is 7.30. The predicted octanol–water partition coefficient (Wildman–Crippen LogP) is 6.19. The lowest BCUT2D eigenvalue weighted by atomic mass is 10.1. The van der Waals surface area contributed by atoms with Crippen LogP contribution in [0.1, 0.15) is 31.4 Å². The smallest absolute Gasteiger partial charge is 0.127 e. The molecule has 0 aliphatic carbocycles. The van der Waals surface area contributed by atoms with Gasteiger partial charge < -0.3 is 14.8 Å². The van der Waals surface area contributed by atoms with Gasteiger partial charge in [0.1, 0.15) is 17.2 Å². The standard InChI is InChI=1S/C25H29NO2/c1-20(2)16-17-27-25-11-7-6-8-22(25)19-26-18-21-12-14-24(15-13-21)28-23-9-4-3-5-10-23/h3-15,20,26H,16-19H2,1-2H3. The molecular weight excluding hydrogens is 346 g/mol. The molecule has 3 rings (SSSR count). The van der Waals surface area contributed by atoms with Gasteiger partial charge in [0.25, 0.3) is 0 Å². The van der Waals surface area contributed by atoms with Gasteiger partial charge in [-0.1, -0.05) is 62.4 Å². The number of hydrogen-bond acceptors (Lipinski definition) is 3. The van der Waals surface area contributed by atoms with E-state index in [2.05, 4.69) is 43.4 Å². The van der Waals surface area contributed by atoms with E-state index in [1.807, 2.05) is 54.6 Å². The van der Waals surface area contributed by atoms with Gasteiger partial charge in [-0.3, -0.25) is 0 Å². The van der Waals surface area contributed by atoms with Crippen LogP contribution in [0.5, 0.6) is 17.2 Å². The molecule has 28 heavy (non-hydrogen) atoms. The first kappa shape index (κ1) is 20.0. The maximum absolute atomic E-state index is 5.97. The van der Waals surface area contributed by atoms with Crippen LogP contribution in [0, 0.1) is 5.92 Å². The van der Waals surface area contributed by atoms with Crippen molar-refractivity contribution in [2.45, 2.75) is 33.4 Å². The normalized spacial score (nSPS) is 10.8. The minimum absolute atomic E-state index is 0.652. The minimum Gasteiger partial charge on any atom is -0.493 e. The Morgan fingerprint density at radius 2 is 1.43 bits per heavy atom. The van der Waals surface area contributed by atoms with Crippen LogP contribution in [-0.4, -0.2) is 6.61 Å². The highest BCUT2D eigenvalue weighted by Gasteiger charge is 2.04. The SMILES string of the molecule is CC(C)CCOc1ccccc1CNCc1ccc(Oc2ccccc2)cc1. The quantitative estimate of drug-likeness (QED) is 0.458. The zero-order valence-electron chi connectivity index (χ0n) is 16.7. The lowest BCUT2D eigenvalue weighted by Crippen LogP contribution is -2.14. The summed E-state index contributed by atoms with van der Waals surface area (Å²) in [6.45, 7) is 6.77. The molecule has 3 heteroatoms. The highest BCUT2D eigenvalue weighted by molar-refractivity contribution is 5.34. The maximum atomic E-state index is 5.97. The second-order valence-electron chi connectivity index (χ2n) is 7.30. The maximum Gasteiger partial charge on any atom is 0.127 e. The molecule has 0 spiro atoms. The Kier molecular flexibility index (Phi) is 7.51. The number of para-hydroxylation sites is 2. The van der Waals surface area contributed by atoms with Gasteiger partial charge >= 0.3 is 0 Å². The zero-order chi connectivity index (χ0) is 19.6. The van der Waals surface area contributed by atoms with Crippen molar-refractivity contribution in [3.8, 4) is 17.2 Å². The molecule has 0 bridgehead atoms. The van der Waals surface area contributed by atoms with Crippen LogP contribution in [0.25, 0.3) is 0 Å². The Hall–Kier alpha value is -2.78. The Bertz CT molecular complexity index is 829. The van der Waals surface area contributed by atoms with Gasteiger partial charge in [-0.2, -0.15) is 0 Å². The summed E-state index contributed by atoms with van der Waals surface area (Å²) < 4.78 is 11.8. The van der Waals surface area contributed by atoms with E-state index in [0.29, 0.717) is 5.92 Å². The first-order chi connectivity index (χ1) is 13.7. The number of nitrogens with one attached hydrogen (secondary N) is 1. The molecule has 0 atom stereocenters. The molecular formula is C25H29NO2. The fourth-order valence-electron chi connectivity index (χ4n) is 2.84. The predicted molar refractivity (Wildman–Crippen MR) is 115 cm³/mol. The zero-order valence-corrected chi connectivity index (χ0v) is 16.7. The van der Waals surface area contributed by atoms with E-state index in [4.69, 9.17) is 9.47 Å². The van der Waals surface area contributed by atoms with Crippen LogP contribution < -0.4 is 14.8 Å². The molecule has 0 aliphatic heterocycles. The van der Waals surface area contributed by atoms with Crippen LogP contribution in [0.4, 0.5) is 0 Å². The third kappa shape index (κ3) is 6.43. The van der Waals surface area contributed by atoms with Crippen molar-refractivity contribution in [1.82, 2.24) is 5.32 Å². The van der Waals surface area contributed by atoms with Crippen LogP contribution in [0.2, 0.25) is 0 Å². The van der Waals surface area contributed by atoms with Gasteiger partial charge in [0.05, 0.1) is 6.61 Å². The molecule has 1 N–H and O–H groups in total. The summed E-state index contributed by atoms with van der Waals surface area (Å²) in [5, 5.41) is 3.51. The Morgan fingerprint density at radius 3 is 2.18 bits per heavy atom. The van der Waals surface area contributed by atoms with Gasteiger partial charge in [0.15, 0.2) is 0 Å². The third-order valence-corrected chi connectivity index (χ3v) is 4.47. The Labute approximate surface area is 168 Å². The molecule has 0 aliphatic rings. The van der Waals surface area contributed by atoms with Gasteiger partial charge in [-0.05, 0) is 48.2 Å². The Balaban J connectivity index is 1.48. The van der Waals surface area contributed by atoms with Crippen LogP contribution in [0.15, 0.2) is 78.9 Å². The van der Waals surface area contributed by atoms with Crippen LogP contribution in [0.3, 0.4) is 0 Å². The topological polar surface area (TPSA) is 30.5 Å². The molecule has 3 aromatic carbocycles. The number of rotatable bonds is 10. The van der Waals surface area contributed by atoms with Crippen molar-refractivity contribution in [1.29, 1.82) is 0 Å². The Morgan fingerprint density at radius 1 is 0.750 bits per heavy atom. The molecule has 0 saturated heterocycles. The second kappa shape index (κ2) is 10.5. The van der Waals surface area contributed by atoms with Gasteiger partial charge in [0.2, 0.25) is 0 Å². The summed E-state index contributed by atoms with van der Waals surface area (Å²) in [5.41, 5.74) is 2.41. The molecule has 3 aromatic rings. The minimum atomic E-state index is 0.652. The summed E-state index contributed by atoms with van der Waals surface area (Å²) >= 11 is 0. The molecule has 3 nitrogen and oxygen atoms in total. The average Bonchev–Trinajstić information content (AvgIpc) is 2.71. The van der Waals surface area contributed by atoms with E-state index in [1.165, 1.54) is 11.1 Å². The summed E-state index contributed by atoms with van der Waals surface area (Å²) in [4.78, 5) is 0. The van der Waals surface area contributed by atoms with Crippen molar-refractivity contribution in [3.63, 3.8) is 0 Å². The summed E-state index contributed by atoms with van der Waals surface area (Å²) in [5.74, 6) is 3.32. The van der Waals surface area contributed by atoms with E-state index in [1.54, 1.807) is 0 Å². The highest BCUT2D eigenvalue weighted by Crippen LogP contribution is 2.22. The average molecular weight is 376 g/mol. The van der Waals surface area contributed by atoms with Crippen molar-refractivity contribution >= 4 is 0 Å². The number of benzene rings is 3. The molecule has 0 heterocycles. The lowest BCUT2D eigenvalue weighted by molar-refractivity contribution is 0.286. The monoisotopic (exact) mass is 375 g/mol. The number of hydrogen-bond donors (Lipinski definition) is 1. The highest BCUT2D eigenvalue weighted by atomic mass is 16.5. The van der Waals surface area contributed by atoms with Crippen molar-refractivity contribution in [2.75, 3.05) is 6.61 Å². The largest absolute Gasteiger partial charge is 0.493 e. The summed E-state index contributed by atoms with van der Waals surface area (Å²) in [7, 11) is 0. The third-order valence-electron chi connectivity index (χ3n) is 4.47. The van der Waals surface area contributed by atoms with E-state index in [0.717, 1.165) is 43.4 Å². The van der Waals surface area contributed by atoms with Crippen molar-refractivity contribution in [2.24, 2.45) is 5.92 Å². The molecule has 0 aromatic heterocycles. The van der Waals surface area contributed by atoms with Crippen LogP contribution in [-0.2, 0) is 13.1 Å². The molecule has 146 valence electrons. The fourth-order valence-corrected chi connectivity index (χ4v) is 2.84. The van der Waals surface area contributed by atoms with Crippen molar-refractivity contribution < 1.29 is 9.47 Å². The van der Waals surface area contributed by atoms with Gasteiger partial charge in [0, 0.05) is 18.7 Å². The first-order valence-corrected chi connectivity index (χ1v) is 9.94. The first-order valence-electron chi connectivity index (χ1n) is 9.94. The summed E-state index contributed by atoms with van der Waals surface area (Å²) in [6, 6.07) is 26.3. The van der Waals surface area contributed by atoms with Gasteiger partial charge in [-0.15, -0.1) is 0 Å². The number of ether oxygens (including phenoxy) is 2. The summed E-state index contributed by atoms with van der Waals surface area (Å²) in [6.07, 6.45) is 1.07.